The Morgan fingerprint density at radius 3 is 2.33 bits per heavy atom. The predicted molar refractivity (Wildman–Crippen MR) is 63.8 cm³/mol. The van der Waals surface area contributed by atoms with Crippen LogP contribution in [0.25, 0.3) is 0 Å². The van der Waals surface area contributed by atoms with Crippen molar-refractivity contribution in [1.82, 2.24) is 0 Å². The number of benzene rings is 1. The first-order chi connectivity index (χ1) is 8.41. The molecule has 1 aliphatic carbocycles. The Bertz CT molecular complexity index is 537. The highest BCUT2D eigenvalue weighted by Gasteiger charge is 2.33. The molecule has 0 unspecified atom stereocenters. The summed E-state index contributed by atoms with van der Waals surface area (Å²) in [6.45, 7) is 0. The molecule has 1 aromatic rings. The van der Waals surface area contributed by atoms with Gasteiger partial charge in [0.1, 0.15) is 16.5 Å². The SMILES string of the molecule is NC1CCC(S(=O)(=O)c2cc(F)ccc2F)CC1. The van der Waals surface area contributed by atoms with Crippen LogP contribution in [0.4, 0.5) is 8.78 Å². The van der Waals surface area contributed by atoms with Crippen LogP contribution in [0.2, 0.25) is 0 Å². The van der Waals surface area contributed by atoms with Crippen LogP contribution in [0.3, 0.4) is 0 Å². The zero-order valence-electron chi connectivity index (χ0n) is 9.77. The molecular weight excluding hydrogens is 260 g/mol. The van der Waals surface area contributed by atoms with Crippen molar-refractivity contribution in [2.24, 2.45) is 5.73 Å². The monoisotopic (exact) mass is 275 g/mol. The van der Waals surface area contributed by atoms with Gasteiger partial charge < -0.3 is 5.73 Å². The lowest BCUT2D eigenvalue weighted by molar-refractivity contribution is 0.432. The topological polar surface area (TPSA) is 60.2 Å². The minimum Gasteiger partial charge on any atom is -0.328 e. The second-order valence-electron chi connectivity index (χ2n) is 4.66. The molecule has 0 amide bonds. The van der Waals surface area contributed by atoms with Crippen molar-refractivity contribution in [2.45, 2.75) is 41.9 Å². The summed E-state index contributed by atoms with van der Waals surface area (Å²) in [4.78, 5) is -0.539. The Kier molecular flexibility index (Phi) is 3.68. The van der Waals surface area contributed by atoms with Crippen molar-refractivity contribution in [3.05, 3.63) is 29.8 Å². The van der Waals surface area contributed by atoms with Crippen molar-refractivity contribution in [3.8, 4) is 0 Å². The molecule has 0 bridgehead atoms. The molecular formula is C12H15F2NO2S. The minimum absolute atomic E-state index is 0.00815. The number of rotatable bonds is 2. The van der Waals surface area contributed by atoms with E-state index in [1.807, 2.05) is 0 Å². The van der Waals surface area contributed by atoms with Gasteiger partial charge in [-0.3, -0.25) is 0 Å². The molecule has 3 nitrogen and oxygen atoms in total. The molecule has 18 heavy (non-hydrogen) atoms. The molecule has 0 aromatic heterocycles. The highest BCUT2D eigenvalue weighted by molar-refractivity contribution is 7.92. The summed E-state index contributed by atoms with van der Waals surface area (Å²) in [5.74, 6) is -1.64. The normalized spacial score (nSPS) is 25.1. The zero-order chi connectivity index (χ0) is 13.3. The summed E-state index contributed by atoms with van der Waals surface area (Å²) in [5.41, 5.74) is 5.70. The van der Waals surface area contributed by atoms with Crippen LogP contribution >= 0.6 is 0 Å². The first kappa shape index (κ1) is 13.4. The first-order valence-electron chi connectivity index (χ1n) is 5.86. The quantitative estimate of drug-likeness (QED) is 0.898. The summed E-state index contributed by atoms with van der Waals surface area (Å²) < 4.78 is 51.0. The lowest BCUT2D eigenvalue weighted by atomic mass is 9.96. The van der Waals surface area contributed by atoms with Gasteiger partial charge in [-0.05, 0) is 43.9 Å². The highest BCUT2D eigenvalue weighted by Crippen LogP contribution is 2.29. The van der Waals surface area contributed by atoms with Gasteiger partial charge >= 0.3 is 0 Å². The molecule has 2 N–H and O–H groups in total. The lowest BCUT2D eigenvalue weighted by Gasteiger charge is -2.26. The summed E-state index contributed by atoms with van der Waals surface area (Å²) in [5, 5.41) is -0.659. The number of nitrogens with two attached hydrogens (primary N) is 1. The summed E-state index contributed by atoms with van der Waals surface area (Å²) >= 11 is 0. The number of sulfone groups is 1. The van der Waals surface area contributed by atoms with Crippen molar-refractivity contribution in [1.29, 1.82) is 0 Å². The molecule has 0 spiro atoms. The average Bonchev–Trinajstić information content (AvgIpc) is 2.32. The van der Waals surface area contributed by atoms with E-state index in [0.29, 0.717) is 25.7 Å². The largest absolute Gasteiger partial charge is 0.328 e. The highest BCUT2D eigenvalue weighted by atomic mass is 32.2. The standard InChI is InChI=1S/C12H15F2NO2S/c13-8-1-6-11(14)12(7-8)18(16,17)10-4-2-9(15)3-5-10/h1,6-7,9-10H,2-5,15H2. The van der Waals surface area contributed by atoms with Crippen molar-refractivity contribution in [2.75, 3.05) is 0 Å². The average molecular weight is 275 g/mol. The molecule has 0 aliphatic heterocycles. The van der Waals surface area contributed by atoms with E-state index in [0.717, 1.165) is 18.2 Å². The van der Waals surface area contributed by atoms with Crippen molar-refractivity contribution >= 4 is 9.84 Å². The van der Waals surface area contributed by atoms with Gasteiger partial charge in [-0.25, -0.2) is 17.2 Å². The Balaban J connectivity index is 2.33. The van der Waals surface area contributed by atoms with E-state index in [1.165, 1.54) is 0 Å². The molecule has 1 fully saturated rings. The van der Waals surface area contributed by atoms with Gasteiger partial charge in [0, 0.05) is 6.04 Å². The maximum Gasteiger partial charge on any atom is 0.184 e. The molecule has 2 rings (SSSR count). The van der Waals surface area contributed by atoms with Crippen LogP contribution in [0, 0.1) is 11.6 Å². The molecule has 100 valence electrons. The van der Waals surface area contributed by atoms with Crippen LogP contribution in [0.15, 0.2) is 23.1 Å². The van der Waals surface area contributed by atoms with Crippen LogP contribution in [0.1, 0.15) is 25.7 Å². The third-order valence-electron chi connectivity index (χ3n) is 3.36. The summed E-state index contributed by atoms with van der Waals surface area (Å²) in [6.07, 6.45) is 2.00. The van der Waals surface area contributed by atoms with Gasteiger partial charge in [0.2, 0.25) is 0 Å². The summed E-state index contributed by atoms with van der Waals surface area (Å²) in [7, 11) is -3.81. The number of halogens is 2. The molecule has 1 saturated carbocycles. The molecule has 0 saturated heterocycles. The third kappa shape index (κ3) is 2.54. The maximum absolute atomic E-state index is 13.5. The first-order valence-corrected chi connectivity index (χ1v) is 7.40. The molecule has 0 heterocycles. The third-order valence-corrected chi connectivity index (χ3v) is 5.63. The maximum atomic E-state index is 13.5. The van der Waals surface area contributed by atoms with E-state index in [4.69, 9.17) is 5.73 Å². The summed E-state index contributed by atoms with van der Waals surface area (Å²) in [6, 6.07) is 2.51. The second-order valence-corrected chi connectivity index (χ2v) is 6.85. The van der Waals surface area contributed by atoms with Crippen LogP contribution in [0.5, 0.6) is 0 Å². The fourth-order valence-electron chi connectivity index (χ4n) is 2.27. The Labute approximate surface area is 105 Å². The fraction of sp³-hybridized carbons (Fsp3) is 0.500. The predicted octanol–water partition coefficient (Wildman–Crippen LogP) is 2.01. The van der Waals surface area contributed by atoms with E-state index in [1.54, 1.807) is 0 Å². The Morgan fingerprint density at radius 1 is 1.11 bits per heavy atom. The zero-order valence-corrected chi connectivity index (χ0v) is 10.6. The molecule has 6 heteroatoms. The van der Waals surface area contributed by atoms with Crippen LogP contribution < -0.4 is 5.73 Å². The van der Waals surface area contributed by atoms with Crippen LogP contribution in [-0.4, -0.2) is 19.7 Å². The van der Waals surface area contributed by atoms with Gasteiger partial charge in [-0.2, -0.15) is 0 Å². The molecule has 0 radical (unpaired) electrons. The van der Waals surface area contributed by atoms with E-state index in [9.17, 15) is 17.2 Å². The van der Waals surface area contributed by atoms with E-state index < -0.39 is 31.6 Å². The second kappa shape index (κ2) is 4.93. The van der Waals surface area contributed by atoms with E-state index in [-0.39, 0.29) is 6.04 Å². The van der Waals surface area contributed by atoms with Gasteiger partial charge in [-0.15, -0.1) is 0 Å². The Morgan fingerprint density at radius 2 is 1.72 bits per heavy atom. The van der Waals surface area contributed by atoms with E-state index in [2.05, 4.69) is 0 Å². The number of hydrogen-bond donors (Lipinski definition) is 1. The van der Waals surface area contributed by atoms with Crippen LogP contribution in [-0.2, 0) is 9.84 Å². The van der Waals surface area contributed by atoms with Gasteiger partial charge in [-0.1, -0.05) is 0 Å². The minimum atomic E-state index is -3.81. The van der Waals surface area contributed by atoms with Crippen molar-refractivity contribution in [3.63, 3.8) is 0 Å². The molecule has 1 aliphatic rings. The Hall–Kier alpha value is -1.01. The lowest BCUT2D eigenvalue weighted by Crippen LogP contribution is -2.33. The molecule has 1 aromatic carbocycles. The van der Waals surface area contributed by atoms with Crippen molar-refractivity contribution < 1.29 is 17.2 Å². The fourth-order valence-corrected chi connectivity index (χ4v) is 4.14. The van der Waals surface area contributed by atoms with E-state index >= 15 is 0 Å². The molecule has 0 atom stereocenters. The van der Waals surface area contributed by atoms with Gasteiger partial charge in [0.05, 0.1) is 5.25 Å². The number of hydrogen-bond acceptors (Lipinski definition) is 3. The van der Waals surface area contributed by atoms with Gasteiger partial charge in [0.25, 0.3) is 0 Å². The smallest absolute Gasteiger partial charge is 0.184 e. The van der Waals surface area contributed by atoms with Gasteiger partial charge in [0.15, 0.2) is 9.84 Å².